The van der Waals surface area contributed by atoms with Gasteiger partial charge in [-0.25, -0.2) is 4.98 Å². The molecule has 0 amide bonds. The molecule has 0 radical (unpaired) electrons. The first-order valence-corrected chi connectivity index (χ1v) is 6.90. The zero-order valence-corrected chi connectivity index (χ0v) is 11.8. The molecule has 0 aliphatic rings. The van der Waals surface area contributed by atoms with E-state index in [1.165, 1.54) is 4.88 Å². The highest BCUT2D eigenvalue weighted by Crippen LogP contribution is 2.19. The van der Waals surface area contributed by atoms with Gasteiger partial charge in [-0.1, -0.05) is 0 Å². The Balaban J connectivity index is 1.93. The summed E-state index contributed by atoms with van der Waals surface area (Å²) in [6, 6.07) is 8.00. The van der Waals surface area contributed by atoms with Gasteiger partial charge in [-0.3, -0.25) is 0 Å². The number of rotatable bonds is 5. The molecule has 4 heteroatoms. The Kier molecular flexibility index (Phi) is 4.20. The summed E-state index contributed by atoms with van der Waals surface area (Å²) < 4.78 is 5.40. The van der Waals surface area contributed by atoms with Gasteiger partial charge in [0, 0.05) is 10.6 Å². The fourth-order valence-electron chi connectivity index (χ4n) is 1.63. The van der Waals surface area contributed by atoms with Crippen LogP contribution in [0.4, 0.5) is 5.69 Å². The molecule has 18 heavy (non-hydrogen) atoms. The lowest BCUT2D eigenvalue weighted by Crippen LogP contribution is -1.99. The third-order valence-corrected chi connectivity index (χ3v) is 3.75. The van der Waals surface area contributed by atoms with E-state index in [9.17, 15) is 0 Å². The Morgan fingerprint density at radius 3 is 2.50 bits per heavy atom. The number of anilines is 1. The number of hydrogen-bond donors (Lipinski definition) is 1. The van der Waals surface area contributed by atoms with Crippen LogP contribution < -0.4 is 10.1 Å². The summed E-state index contributed by atoms with van der Waals surface area (Å²) in [5, 5.41) is 4.49. The lowest BCUT2D eigenvalue weighted by Gasteiger charge is -2.06. The summed E-state index contributed by atoms with van der Waals surface area (Å²) in [6.45, 7) is 7.61. The molecule has 1 aromatic carbocycles. The van der Waals surface area contributed by atoms with E-state index in [1.807, 2.05) is 38.1 Å². The molecule has 0 fully saturated rings. The van der Waals surface area contributed by atoms with Crippen LogP contribution in [0.5, 0.6) is 5.75 Å². The van der Waals surface area contributed by atoms with E-state index in [-0.39, 0.29) is 0 Å². The second-order valence-corrected chi connectivity index (χ2v) is 5.35. The van der Waals surface area contributed by atoms with Gasteiger partial charge >= 0.3 is 0 Å². The van der Waals surface area contributed by atoms with Gasteiger partial charge in [0.15, 0.2) is 0 Å². The highest BCUT2D eigenvalue weighted by atomic mass is 32.1. The molecule has 0 atom stereocenters. The van der Waals surface area contributed by atoms with Crippen LogP contribution in [0.25, 0.3) is 0 Å². The van der Waals surface area contributed by atoms with Crippen LogP contribution in [-0.4, -0.2) is 11.6 Å². The van der Waals surface area contributed by atoms with Gasteiger partial charge in [0.1, 0.15) is 10.8 Å². The Bertz CT molecular complexity index is 486. The van der Waals surface area contributed by atoms with Gasteiger partial charge < -0.3 is 10.1 Å². The maximum Gasteiger partial charge on any atom is 0.119 e. The maximum atomic E-state index is 5.40. The van der Waals surface area contributed by atoms with Crippen LogP contribution in [0.2, 0.25) is 0 Å². The number of thiazole rings is 1. The highest BCUT2D eigenvalue weighted by Gasteiger charge is 2.03. The normalized spacial score (nSPS) is 10.4. The van der Waals surface area contributed by atoms with Gasteiger partial charge in [-0.2, -0.15) is 0 Å². The second-order valence-electron chi connectivity index (χ2n) is 4.06. The zero-order chi connectivity index (χ0) is 13.0. The molecule has 0 unspecified atom stereocenters. The maximum absolute atomic E-state index is 5.40. The third-order valence-electron chi connectivity index (χ3n) is 2.68. The molecule has 0 bridgehead atoms. The molecule has 1 N–H and O–H groups in total. The molecule has 0 saturated heterocycles. The first-order valence-electron chi connectivity index (χ1n) is 6.08. The van der Waals surface area contributed by atoms with Crippen LogP contribution in [-0.2, 0) is 6.54 Å². The van der Waals surface area contributed by atoms with E-state index < -0.39 is 0 Å². The lowest BCUT2D eigenvalue weighted by molar-refractivity contribution is 0.340. The number of nitrogens with one attached hydrogen (secondary N) is 1. The zero-order valence-electron chi connectivity index (χ0n) is 11.0. The molecule has 0 aliphatic heterocycles. The summed E-state index contributed by atoms with van der Waals surface area (Å²) in [5.74, 6) is 0.906. The van der Waals surface area contributed by atoms with Gasteiger partial charge in [-0.15, -0.1) is 11.3 Å². The second kappa shape index (κ2) is 5.87. The number of ether oxygens (including phenoxy) is 1. The molecule has 2 aromatic rings. The molecule has 96 valence electrons. The van der Waals surface area contributed by atoms with Crippen molar-refractivity contribution in [2.45, 2.75) is 27.3 Å². The van der Waals surface area contributed by atoms with E-state index >= 15 is 0 Å². The van der Waals surface area contributed by atoms with Gasteiger partial charge in [0.25, 0.3) is 0 Å². The Hall–Kier alpha value is -1.55. The van der Waals surface area contributed by atoms with E-state index in [0.717, 1.165) is 28.7 Å². The predicted molar refractivity (Wildman–Crippen MR) is 76.5 cm³/mol. The van der Waals surface area contributed by atoms with Crippen molar-refractivity contribution < 1.29 is 4.74 Å². The number of benzene rings is 1. The Morgan fingerprint density at radius 1 is 1.22 bits per heavy atom. The number of nitrogens with zero attached hydrogens (tertiary/aromatic N) is 1. The molecular formula is C14H18N2OS. The number of aromatic nitrogens is 1. The minimum absolute atomic E-state index is 0.699. The monoisotopic (exact) mass is 262 g/mol. The van der Waals surface area contributed by atoms with E-state index in [0.29, 0.717) is 6.61 Å². The molecule has 0 saturated carbocycles. The van der Waals surface area contributed by atoms with Crippen molar-refractivity contribution in [3.05, 3.63) is 39.8 Å². The summed E-state index contributed by atoms with van der Waals surface area (Å²) in [7, 11) is 0. The third kappa shape index (κ3) is 3.23. The lowest BCUT2D eigenvalue weighted by atomic mass is 10.3. The molecule has 1 aromatic heterocycles. The van der Waals surface area contributed by atoms with Crippen molar-refractivity contribution in [3.8, 4) is 5.75 Å². The van der Waals surface area contributed by atoms with E-state index in [2.05, 4.69) is 17.2 Å². The summed E-state index contributed by atoms with van der Waals surface area (Å²) >= 11 is 1.75. The van der Waals surface area contributed by atoms with Crippen LogP contribution in [0.15, 0.2) is 24.3 Å². The van der Waals surface area contributed by atoms with Gasteiger partial charge in [-0.05, 0) is 45.0 Å². The number of aryl methyl sites for hydroxylation is 2. The predicted octanol–water partition coefficient (Wildman–Crippen LogP) is 3.77. The average Bonchev–Trinajstić information content (AvgIpc) is 2.68. The first-order chi connectivity index (χ1) is 8.69. The smallest absolute Gasteiger partial charge is 0.119 e. The largest absolute Gasteiger partial charge is 0.494 e. The summed E-state index contributed by atoms with van der Waals surface area (Å²) in [4.78, 5) is 5.79. The van der Waals surface area contributed by atoms with Gasteiger partial charge in [0.2, 0.25) is 0 Å². The summed E-state index contributed by atoms with van der Waals surface area (Å²) in [5.41, 5.74) is 2.22. The van der Waals surface area contributed by atoms with Crippen molar-refractivity contribution in [3.63, 3.8) is 0 Å². The Labute approximate surface area is 112 Å². The summed E-state index contributed by atoms with van der Waals surface area (Å²) in [6.07, 6.45) is 0. The van der Waals surface area contributed by atoms with Crippen LogP contribution in [0.1, 0.15) is 22.5 Å². The van der Waals surface area contributed by atoms with Crippen LogP contribution in [0, 0.1) is 13.8 Å². The fourth-order valence-corrected chi connectivity index (χ4v) is 2.50. The van der Waals surface area contributed by atoms with Crippen molar-refractivity contribution in [2.75, 3.05) is 11.9 Å². The standard InChI is InChI=1S/C14H18N2OS/c1-4-17-13-7-5-12(6-8-13)15-9-14-16-10(2)11(3)18-14/h5-8,15H,4,9H2,1-3H3. The molecule has 0 spiro atoms. The minimum atomic E-state index is 0.699. The molecule has 0 aliphatic carbocycles. The van der Waals surface area contributed by atoms with Crippen molar-refractivity contribution >= 4 is 17.0 Å². The molecule has 3 nitrogen and oxygen atoms in total. The fraction of sp³-hybridized carbons (Fsp3) is 0.357. The van der Waals surface area contributed by atoms with Gasteiger partial charge in [0.05, 0.1) is 18.8 Å². The quantitative estimate of drug-likeness (QED) is 0.890. The minimum Gasteiger partial charge on any atom is -0.494 e. The average molecular weight is 262 g/mol. The van der Waals surface area contributed by atoms with Crippen molar-refractivity contribution in [2.24, 2.45) is 0 Å². The van der Waals surface area contributed by atoms with Crippen molar-refractivity contribution in [1.29, 1.82) is 0 Å². The SMILES string of the molecule is CCOc1ccc(NCc2nc(C)c(C)s2)cc1. The highest BCUT2D eigenvalue weighted by molar-refractivity contribution is 7.11. The Morgan fingerprint density at radius 2 is 1.94 bits per heavy atom. The first kappa shape index (κ1) is 12.9. The number of hydrogen-bond acceptors (Lipinski definition) is 4. The molecule has 2 rings (SSSR count). The van der Waals surface area contributed by atoms with Crippen LogP contribution >= 0.6 is 11.3 Å². The molecule has 1 heterocycles. The van der Waals surface area contributed by atoms with E-state index in [4.69, 9.17) is 4.74 Å². The van der Waals surface area contributed by atoms with Crippen molar-refractivity contribution in [1.82, 2.24) is 4.98 Å². The van der Waals surface area contributed by atoms with E-state index in [1.54, 1.807) is 11.3 Å². The topological polar surface area (TPSA) is 34.1 Å². The van der Waals surface area contributed by atoms with Crippen LogP contribution in [0.3, 0.4) is 0 Å². The molecular weight excluding hydrogens is 244 g/mol.